The van der Waals surface area contributed by atoms with Gasteiger partial charge >= 0.3 is 118 Å². The first-order chi connectivity index (χ1) is 17.8. The van der Waals surface area contributed by atoms with Gasteiger partial charge in [-0.2, -0.15) is 0 Å². The van der Waals surface area contributed by atoms with E-state index in [0.29, 0.717) is 5.78 Å². The molecule has 36 heavy (non-hydrogen) atoms. The molecule has 0 fully saturated rings. The minimum absolute atomic E-state index is 0.530. The van der Waals surface area contributed by atoms with Crippen molar-refractivity contribution >= 4 is 52.3 Å². The van der Waals surface area contributed by atoms with Crippen LogP contribution >= 0.6 is 0 Å². The van der Waals surface area contributed by atoms with Gasteiger partial charge in [0.25, 0.3) is 0 Å². The molecular formula is C34H68BaO. The third kappa shape index (κ3) is 33.3. The van der Waals surface area contributed by atoms with Crippen molar-refractivity contribution in [3.63, 3.8) is 0 Å². The molecule has 0 aromatic rings. The Morgan fingerprint density at radius 1 is 0.361 bits per heavy atom. The molecule has 0 unspecified atom stereocenters. The molecule has 0 heterocycles. The molecule has 1 nitrogen and oxygen atoms in total. The molecule has 0 aromatic heterocycles. The Hall–Kier alpha value is 1.24. The third-order valence-electron chi connectivity index (χ3n) is 8.12. The van der Waals surface area contributed by atoms with E-state index < -0.39 is 0 Å². The molecule has 0 aliphatic heterocycles. The van der Waals surface area contributed by atoms with E-state index in [4.69, 9.17) is 0 Å². The summed E-state index contributed by atoms with van der Waals surface area (Å²) in [5, 5.41) is 0. The Morgan fingerprint density at radius 3 is 0.833 bits per heavy atom. The number of carbonyl (C=O) groups is 1. The predicted molar refractivity (Wildman–Crippen MR) is 166 cm³/mol. The summed E-state index contributed by atoms with van der Waals surface area (Å²) in [5.74, 6) is 0.530. The minimum atomic E-state index is 0.530. The molecule has 0 spiro atoms. The van der Waals surface area contributed by atoms with Crippen molar-refractivity contribution in [1.82, 2.24) is 0 Å². The molecule has 0 aromatic carbocycles. The van der Waals surface area contributed by atoms with E-state index in [9.17, 15) is 4.79 Å². The molecule has 0 saturated carbocycles. The first kappa shape index (κ1) is 37.2. The second-order valence-corrected chi connectivity index (χ2v) is 15.1. The van der Waals surface area contributed by atoms with Gasteiger partial charge < -0.3 is 0 Å². The van der Waals surface area contributed by atoms with Gasteiger partial charge in [0.2, 0.25) is 0 Å². The van der Waals surface area contributed by atoms with Crippen LogP contribution in [0.4, 0.5) is 0 Å². The van der Waals surface area contributed by atoms with E-state index in [2.05, 4.69) is 6.92 Å². The normalized spacial score (nSPS) is 11.3. The Bertz CT molecular complexity index is 372. The van der Waals surface area contributed by atoms with Crippen molar-refractivity contribution in [3.8, 4) is 0 Å². The van der Waals surface area contributed by atoms with Crippen LogP contribution in [-0.2, 0) is 4.79 Å². The van der Waals surface area contributed by atoms with E-state index in [1.165, 1.54) is 173 Å². The quantitative estimate of drug-likeness (QED) is 0.0534. The average molecular weight is 630 g/mol. The summed E-state index contributed by atoms with van der Waals surface area (Å²) in [6, 6.07) is 0. The van der Waals surface area contributed by atoms with E-state index in [0.717, 1.165) is 72.2 Å². The van der Waals surface area contributed by atoms with Crippen molar-refractivity contribution < 1.29 is 4.79 Å². The van der Waals surface area contributed by atoms with Crippen LogP contribution in [0.5, 0.6) is 0 Å². The molecule has 0 atom stereocenters. The van der Waals surface area contributed by atoms with E-state index >= 15 is 0 Å². The third-order valence-corrected chi connectivity index (χ3v) is 10.3. The summed E-state index contributed by atoms with van der Waals surface area (Å²) in [7, 11) is 0. The maximum atomic E-state index is 12.1. The molecule has 0 radical (unpaired) electrons. The van der Waals surface area contributed by atoms with Crippen LogP contribution in [0.25, 0.3) is 0 Å². The Kier molecular flexibility index (Phi) is 35.5. The van der Waals surface area contributed by atoms with Crippen molar-refractivity contribution in [2.24, 2.45) is 0 Å². The fourth-order valence-electron chi connectivity index (χ4n) is 5.51. The first-order valence-corrected chi connectivity index (χ1v) is 21.8. The molecular weight excluding hydrogens is 562 g/mol. The van der Waals surface area contributed by atoms with E-state index in [-0.39, 0.29) is 0 Å². The van der Waals surface area contributed by atoms with Crippen LogP contribution in [0.1, 0.15) is 206 Å². The fraction of sp³-hybridized carbons (Fsp3) is 0.971. The van der Waals surface area contributed by atoms with Gasteiger partial charge in [0.1, 0.15) is 5.78 Å². The van der Waals surface area contributed by atoms with Crippen molar-refractivity contribution in [2.75, 3.05) is 0 Å². The van der Waals surface area contributed by atoms with Crippen LogP contribution in [0.15, 0.2) is 0 Å². The van der Waals surface area contributed by atoms with E-state index in [1.807, 2.05) is 0 Å². The predicted octanol–water partition coefficient (Wildman–Crippen LogP) is 12.0. The summed E-state index contributed by atoms with van der Waals surface area (Å²) in [6.45, 7) is 2.29. The first-order valence-electron chi connectivity index (χ1n) is 17.3. The van der Waals surface area contributed by atoms with Gasteiger partial charge in [-0.15, -0.1) is 0 Å². The van der Waals surface area contributed by atoms with Crippen molar-refractivity contribution in [1.29, 1.82) is 0 Å². The molecule has 0 rings (SSSR count). The average Bonchev–Trinajstić information content (AvgIpc) is 2.88. The zero-order chi connectivity index (χ0) is 26.2. The van der Waals surface area contributed by atoms with Crippen LogP contribution in [0.3, 0.4) is 0 Å². The number of hydrogen-bond donors (Lipinski definition) is 0. The van der Waals surface area contributed by atoms with E-state index in [1.54, 1.807) is 0.889 Å². The second-order valence-electron chi connectivity index (χ2n) is 11.9. The number of ketones is 1. The summed E-state index contributed by atoms with van der Waals surface area (Å²) < 4.78 is 1.58. The van der Waals surface area contributed by atoms with Gasteiger partial charge in [-0.3, -0.25) is 4.79 Å². The molecule has 0 aliphatic rings. The standard InChI is InChI=1S/C34H67O.Ba.H/c1-3-5-7-9-11-13-15-17-19-21-23-25-27-29-31-33-34(35)32-30-28-26-24-22-20-18-16-14-12-10-8-6-4-2;;/h2-33H2,1H3;;. The number of hydrogen-bond acceptors (Lipinski definition) is 1. The maximum absolute atomic E-state index is 12.1. The Labute approximate surface area is 261 Å². The molecule has 0 aliphatic carbocycles. The summed E-state index contributed by atoms with van der Waals surface area (Å²) in [4.78, 5) is 12.1. The van der Waals surface area contributed by atoms with Crippen molar-refractivity contribution in [3.05, 3.63) is 0 Å². The molecule has 0 amide bonds. The van der Waals surface area contributed by atoms with Crippen LogP contribution in [0.2, 0.25) is 0.889 Å². The number of Topliss-reactive ketones (excluding diaryl/α,β-unsaturated/α-hetero) is 1. The van der Waals surface area contributed by atoms with Gasteiger partial charge in [0, 0.05) is 12.8 Å². The Morgan fingerprint density at radius 2 is 0.583 bits per heavy atom. The fourth-order valence-corrected chi connectivity index (χ4v) is 7.08. The van der Waals surface area contributed by atoms with Gasteiger partial charge in [0.15, 0.2) is 0 Å². The summed E-state index contributed by atoms with van der Waals surface area (Å²) >= 11 is 0.854. The molecule has 2 heteroatoms. The van der Waals surface area contributed by atoms with Gasteiger partial charge in [-0.25, -0.2) is 0 Å². The second kappa shape index (κ2) is 34.3. The zero-order valence-electron chi connectivity index (χ0n) is 25.5. The monoisotopic (exact) mass is 630 g/mol. The molecule has 0 saturated heterocycles. The van der Waals surface area contributed by atoms with Crippen LogP contribution in [0, 0.1) is 0 Å². The molecule has 0 bridgehead atoms. The zero-order valence-corrected chi connectivity index (χ0v) is 31.8. The summed E-state index contributed by atoms with van der Waals surface area (Å²) in [5.41, 5.74) is 0. The topological polar surface area (TPSA) is 17.1 Å². The number of rotatable bonds is 32. The number of unbranched alkanes of at least 4 members (excludes halogenated alkanes) is 27. The molecule has 0 N–H and O–H groups in total. The van der Waals surface area contributed by atoms with Crippen molar-refractivity contribution in [2.45, 2.75) is 207 Å². The van der Waals surface area contributed by atoms with Crippen LogP contribution in [-0.4, -0.2) is 52.3 Å². The number of carbonyl (C=O) groups excluding carboxylic acids is 1. The SMILES string of the molecule is CCCCCCCCCCCCCCCCCC(=O)CCCCCCCCCCCCCCC[CH2][BaH]. The summed E-state index contributed by atoms with van der Waals surface area (Å²) in [6.07, 6.45) is 42.4. The van der Waals surface area contributed by atoms with Gasteiger partial charge in [0.05, 0.1) is 0 Å². The molecule has 212 valence electrons. The Balaban J connectivity index is 3.14. The van der Waals surface area contributed by atoms with Gasteiger partial charge in [-0.05, 0) is 12.8 Å². The van der Waals surface area contributed by atoms with Crippen LogP contribution < -0.4 is 0 Å². The van der Waals surface area contributed by atoms with Gasteiger partial charge in [-0.1, -0.05) is 110 Å².